The second kappa shape index (κ2) is 5.23. The minimum absolute atomic E-state index is 0.163. The van der Waals surface area contributed by atoms with Gasteiger partial charge >= 0.3 is 0 Å². The van der Waals surface area contributed by atoms with Crippen LogP contribution >= 0.6 is 0 Å². The molecule has 1 heterocycles. The Kier molecular flexibility index (Phi) is 3.57. The highest BCUT2D eigenvalue weighted by Gasteiger charge is 2.40. The second-order valence-corrected chi connectivity index (χ2v) is 6.58. The number of aromatic nitrogens is 2. The summed E-state index contributed by atoms with van der Waals surface area (Å²) in [7, 11) is 1.90. The number of amides is 1. The van der Waals surface area contributed by atoms with E-state index in [1.165, 1.54) is 25.7 Å². The summed E-state index contributed by atoms with van der Waals surface area (Å²) >= 11 is 0. The van der Waals surface area contributed by atoms with Gasteiger partial charge in [-0.25, -0.2) is 0 Å². The molecule has 2 aliphatic carbocycles. The van der Waals surface area contributed by atoms with Crippen molar-refractivity contribution in [2.75, 3.05) is 5.32 Å². The van der Waals surface area contributed by atoms with Crippen LogP contribution in [0.3, 0.4) is 0 Å². The Labute approximate surface area is 120 Å². The monoisotopic (exact) mass is 275 g/mol. The van der Waals surface area contributed by atoms with E-state index in [9.17, 15) is 4.79 Å². The largest absolute Gasteiger partial charge is 0.311 e. The molecule has 0 aliphatic heterocycles. The van der Waals surface area contributed by atoms with E-state index >= 15 is 0 Å². The molecule has 0 spiro atoms. The van der Waals surface area contributed by atoms with Gasteiger partial charge in [-0.1, -0.05) is 13.3 Å². The van der Waals surface area contributed by atoms with E-state index in [1.54, 1.807) is 4.68 Å². The van der Waals surface area contributed by atoms with Gasteiger partial charge in [0, 0.05) is 19.0 Å². The van der Waals surface area contributed by atoms with Gasteiger partial charge in [-0.2, -0.15) is 5.10 Å². The molecule has 4 heteroatoms. The van der Waals surface area contributed by atoms with Crippen LogP contribution in [0.25, 0.3) is 0 Å². The van der Waals surface area contributed by atoms with Crippen LogP contribution in [0.15, 0.2) is 0 Å². The predicted octanol–water partition coefficient (Wildman–Crippen LogP) is 3.06. The van der Waals surface area contributed by atoms with Crippen LogP contribution in [0.2, 0.25) is 0 Å². The van der Waals surface area contributed by atoms with Crippen molar-refractivity contribution >= 4 is 11.7 Å². The molecule has 2 aliphatic rings. The fourth-order valence-corrected chi connectivity index (χ4v) is 4.24. The fraction of sp³-hybridized carbons (Fsp3) is 0.750. The quantitative estimate of drug-likeness (QED) is 0.918. The molecule has 1 N–H and O–H groups in total. The summed E-state index contributed by atoms with van der Waals surface area (Å²) < 4.78 is 1.80. The van der Waals surface area contributed by atoms with Crippen molar-refractivity contribution < 1.29 is 4.79 Å². The van der Waals surface area contributed by atoms with Crippen LogP contribution in [0, 0.1) is 24.7 Å². The Balaban J connectivity index is 1.63. The highest BCUT2D eigenvalue weighted by atomic mass is 16.1. The van der Waals surface area contributed by atoms with Gasteiger partial charge in [-0.05, 0) is 50.4 Å². The summed E-state index contributed by atoms with van der Waals surface area (Å²) in [5.74, 6) is 3.37. The third-order valence-electron chi connectivity index (χ3n) is 5.31. The Hall–Kier alpha value is -1.32. The van der Waals surface area contributed by atoms with E-state index in [1.807, 2.05) is 14.0 Å². The predicted molar refractivity (Wildman–Crippen MR) is 79.5 cm³/mol. The van der Waals surface area contributed by atoms with Gasteiger partial charge in [0.2, 0.25) is 5.91 Å². The van der Waals surface area contributed by atoms with Crippen molar-refractivity contribution in [2.45, 2.75) is 52.4 Å². The van der Waals surface area contributed by atoms with Crippen LogP contribution in [-0.4, -0.2) is 15.7 Å². The lowest BCUT2D eigenvalue weighted by molar-refractivity contribution is -0.117. The molecule has 20 heavy (non-hydrogen) atoms. The lowest BCUT2D eigenvalue weighted by Gasteiger charge is -2.21. The molecule has 0 aromatic carbocycles. The van der Waals surface area contributed by atoms with Gasteiger partial charge in [0.25, 0.3) is 0 Å². The molecule has 0 unspecified atom stereocenters. The normalized spacial score (nSPS) is 28.1. The van der Waals surface area contributed by atoms with Gasteiger partial charge in [0.1, 0.15) is 5.82 Å². The van der Waals surface area contributed by atoms with Crippen LogP contribution < -0.4 is 5.32 Å². The molecule has 0 radical (unpaired) electrons. The molecule has 110 valence electrons. The van der Waals surface area contributed by atoms with E-state index in [0.29, 0.717) is 12.3 Å². The van der Waals surface area contributed by atoms with E-state index in [4.69, 9.17) is 0 Å². The smallest absolute Gasteiger partial charge is 0.225 e. The molecule has 2 fully saturated rings. The minimum atomic E-state index is 0.163. The summed E-state index contributed by atoms with van der Waals surface area (Å²) in [5, 5.41) is 7.53. The summed E-state index contributed by atoms with van der Waals surface area (Å²) in [6.45, 7) is 4.13. The first-order valence-corrected chi connectivity index (χ1v) is 7.90. The Morgan fingerprint density at radius 1 is 1.40 bits per heavy atom. The Bertz CT molecular complexity index is 520. The molecule has 2 bridgehead atoms. The molecule has 1 aromatic heterocycles. The fourth-order valence-electron chi connectivity index (χ4n) is 4.24. The van der Waals surface area contributed by atoms with Gasteiger partial charge in [-0.3, -0.25) is 9.48 Å². The molecule has 0 saturated heterocycles. The van der Waals surface area contributed by atoms with Gasteiger partial charge in [0.15, 0.2) is 0 Å². The first-order valence-electron chi connectivity index (χ1n) is 7.90. The molecule has 4 nitrogen and oxygen atoms in total. The topological polar surface area (TPSA) is 46.9 Å². The van der Waals surface area contributed by atoms with Crippen molar-refractivity contribution in [3.8, 4) is 0 Å². The zero-order valence-corrected chi connectivity index (χ0v) is 12.8. The number of nitrogens with one attached hydrogen (secondary N) is 1. The van der Waals surface area contributed by atoms with Crippen LogP contribution in [0.5, 0.6) is 0 Å². The summed E-state index contributed by atoms with van der Waals surface area (Å²) in [6, 6.07) is 0. The molecule has 1 aromatic rings. The number of nitrogens with zero attached hydrogens (tertiary/aromatic N) is 2. The molecular weight excluding hydrogens is 250 g/mol. The summed E-state index contributed by atoms with van der Waals surface area (Å²) in [5.41, 5.74) is 2.18. The highest BCUT2D eigenvalue weighted by molar-refractivity contribution is 5.90. The third kappa shape index (κ3) is 2.36. The average molecular weight is 275 g/mol. The first kappa shape index (κ1) is 13.7. The van der Waals surface area contributed by atoms with Crippen molar-refractivity contribution in [1.82, 2.24) is 9.78 Å². The zero-order chi connectivity index (χ0) is 14.3. The molecule has 1 amide bonds. The van der Waals surface area contributed by atoms with Crippen molar-refractivity contribution in [2.24, 2.45) is 24.8 Å². The van der Waals surface area contributed by atoms with E-state index in [0.717, 1.165) is 35.3 Å². The number of carbonyl (C=O) groups is 1. The van der Waals surface area contributed by atoms with Crippen molar-refractivity contribution in [3.63, 3.8) is 0 Å². The van der Waals surface area contributed by atoms with Crippen LogP contribution in [0.4, 0.5) is 5.82 Å². The molecule has 3 atom stereocenters. The first-order chi connectivity index (χ1) is 9.58. The number of hydrogen-bond donors (Lipinski definition) is 1. The standard InChI is InChI=1S/C16H25N3O/c1-4-14-10(2)16(19(3)18-14)17-15(20)9-13-8-11-5-6-12(13)7-11/h11-13H,4-9H2,1-3H3,(H,17,20)/t11-,12-,13+/m1/s1. The molecular formula is C16H25N3O. The van der Waals surface area contributed by atoms with E-state index in [-0.39, 0.29) is 5.91 Å². The van der Waals surface area contributed by atoms with E-state index < -0.39 is 0 Å². The lowest BCUT2D eigenvalue weighted by atomic mass is 9.86. The van der Waals surface area contributed by atoms with Gasteiger partial charge < -0.3 is 5.32 Å². The molecule has 3 rings (SSSR count). The number of rotatable bonds is 4. The number of hydrogen-bond acceptors (Lipinski definition) is 2. The maximum Gasteiger partial charge on any atom is 0.225 e. The molecule has 2 saturated carbocycles. The van der Waals surface area contributed by atoms with Gasteiger partial charge in [-0.15, -0.1) is 0 Å². The maximum absolute atomic E-state index is 12.3. The Morgan fingerprint density at radius 2 is 2.20 bits per heavy atom. The summed E-state index contributed by atoms with van der Waals surface area (Å²) in [4.78, 5) is 12.3. The zero-order valence-electron chi connectivity index (χ0n) is 12.8. The number of aryl methyl sites for hydroxylation is 2. The Morgan fingerprint density at radius 3 is 2.75 bits per heavy atom. The highest BCUT2D eigenvalue weighted by Crippen LogP contribution is 2.49. The minimum Gasteiger partial charge on any atom is -0.311 e. The van der Waals surface area contributed by atoms with Crippen molar-refractivity contribution in [1.29, 1.82) is 0 Å². The number of carbonyl (C=O) groups excluding carboxylic acids is 1. The van der Waals surface area contributed by atoms with Crippen LogP contribution in [0.1, 0.15) is 50.3 Å². The second-order valence-electron chi connectivity index (χ2n) is 6.58. The third-order valence-corrected chi connectivity index (χ3v) is 5.31. The number of fused-ring (bicyclic) bond motifs is 2. The SMILES string of the molecule is CCc1nn(C)c(NC(=O)C[C@@H]2C[C@@H]3CC[C@@H]2C3)c1C. The summed E-state index contributed by atoms with van der Waals surface area (Å²) in [6.07, 6.45) is 6.96. The average Bonchev–Trinajstić information content (AvgIpc) is 3.09. The van der Waals surface area contributed by atoms with Crippen LogP contribution in [-0.2, 0) is 18.3 Å². The maximum atomic E-state index is 12.3. The van der Waals surface area contributed by atoms with E-state index in [2.05, 4.69) is 17.3 Å². The number of anilines is 1. The van der Waals surface area contributed by atoms with Crippen molar-refractivity contribution in [3.05, 3.63) is 11.3 Å². The van der Waals surface area contributed by atoms with Gasteiger partial charge in [0.05, 0.1) is 5.69 Å². The lowest BCUT2D eigenvalue weighted by Crippen LogP contribution is -2.21.